The van der Waals surface area contributed by atoms with Crippen molar-refractivity contribution in [3.63, 3.8) is 0 Å². The Labute approximate surface area is 165 Å². The molecule has 3 rings (SSSR count). The second-order valence-electron chi connectivity index (χ2n) is 7.73. The molecule has 146 valence electrons. The number of hydrogen-bond acceptors (Lipinski definition) is 4. The van der Waals surface area contributed by atoms with E-state index >= 15 is 0 Å². The lowest BCUT2D eigenvalue weighted by Gasteiger charge is -2.44. The first-order valence-corrected chi connectivity index (χ1v) is 12.0. The molecule has 0 radical (unpaired) electrons. The van der Waals surface area contributed by atoms with Crippen molar-refractivity contribution in [1.82, 2.24) is 4.08 Å². The first-order chi connectivity index (χ1) is 12.4. The minimum Gasteiger partial charge on any atom is -0.431 e. The fourth-order valence-corrected chi connectivity index (χ4v) is 8.67. The second kappa shape index (κ2) is 6.63. The molecule has 0 aromatic heterocycles. The maximum Gasteiger partial charge on any atom is 0.338 e. The quantitative estimate of drug-likeness (QED) is 0.569. The molecule has 1 heterocycles. The lowest BCUT2D eigenvalue weighted by molar-refractivity contribution is 0.334. The van der Waals surface area contributed by atoms with Gasteiger partial charge in [0, 0.05) is 10.6 Å². The van der Waals surface area contributed by atoms with Crippen LogP contribution in [0, 0.1) is 6.92 Å². The third kappa shape index (κ3) is 3.33. The Bertz CT molecular complexity index is 1030. The summed E-state index contributed by atoms with van der Waals surface area (Å²) in [6.07, 6.45) is 0. The molecule has 0 fully saturated rings. The number of hydrogen-bond donors (Lipinski definition) is 0. The molecule has 1 aliphatic heterocycles. The van der Waals surface area contributed by atoms with E-state index in [-0.39, 0.29) is 4.90 Å². The van der Waals surface area contributed by atoms with Crippen LogP contribution in [0.25, 0.3) is 0 Å². The molecule has 0 aliphatic carbocycles. The van der Waals surface area contributed by atoms with Gasteiger partial charge in [-0.2, -0.15) is 0 Å². The molecule has 0 amide bonds. The first kappa shape index (κ1) is 20.4. The third-order valence-electron chi connectivity index (χ3n) is 4.65. The van der Waals surface area contributed by atoms with Gasteiger partial charge in [0.1, 0.15) is 5.75 Å². The Balaban J connectivity index is 2.26. The fourth-order valence-electron chi connectivity index (χ4n) is 3.05. The first-order valence-electron chi connectivity index (χ1n) is 8.59. The van der Waals surface area contributed by atoms with E-state index < -0.39 is 28.7 Å². The standard InChI is InChI=1S/C19H23ClNO4PS/c1-13-6-9-16(10-7-13)27(23,24)21-14(2)17-12-15(20)8-11-18(17)25-26(21,22)19(3,4)5/h6-12,14H,1-5H3/t14-,26-/m1/s1. The van der Waals surface area contributed by atoms with Gasteiger partial charge in [-0.1, -0.05) is 29.3 Å². The number of halogens is 1. The predicted octanol–water partition coefficient (Wildman–Crippen LogP) is 5.78. The minimum atomic E-state index is -4.07. The highest BCUT2D eigenvalue weighted by Gasteiger charge is 2.56. The van der Waals surface area contributed by atoms with Crippen LogP contribution in [-0.2, 0) is 14.6 Å². The molecule has 1 aliphatic rings. The zero-order chi connectivity index (χ0) is 20.2. The third-order valence-corrected chi connectivity index (χ3v) is 10.9. The monoisotopic (exact) mass is 427 g/mol. The van der Waals surface area contributed by atoms with Gasteiger partial charge in [0.2, 0.25) is 0 Å². The van der Waals surface area contributed by atoms with Gasteiger partial charge in [0.25, 0.3) is 10.0 Å². The number of benzene rings is 2. The molecule has 8 heteroatoms. The number of rotatable bonds is 2. The van der Waals surface area contributed by atoms with Crippen LogP contribution in [0.5, 0.6) is 5.75 Å². The van der Waals surface area contributed by atoms with Crippen LogP contribution < -0.4 is 4.52 Å². The van der Waals surface area contributed by atoms with Crippen LogP contribution in [-0.4, -0.2) is 17.6 Å². The molecule has 0 unspecified atom stereocenters. The number of nitrogens with zero attached hydrogens (tertiary/aromatic N) is 1. The van der Waals surface area contributed by atoms with Gasteiger partial charge in [-0.3, -0.25) is 4.57 Å². The summed E-state index contributed by atoms with van der Waals surface area (Å²) in [5.41, 5.74) is 1.53. The predicted molar refractivity (Wildman–Crippen MR) is 108 cm³/mol. The van der Waals surface area contributed by atoms with Gasteiger partial charge in [0.05, 0.1) is 16.1 Å². The lowest BCUT2D eigenvalue weighted by atomic mass is 10.1. The SMILES string of the molecule is Cc1ccc(S(=O)(=O)N2[C@H](C)c3cc(Cl)ccc3O[P@]2(=O)C(C)(C)C)cc1. The van der Waals surface area contributed by atoms with Crippen LogP contribution in [0.1, 0.15) is 44.9 Å². The fraction of sp³-hybridized carbons (Fsp3) is 0.368. The van der Waals surface area contributed by atoms with E-state index in [1.165, 1.54) is 12.1 Å². The minimum absolute atomic E-state index is 0.0819. The number of aryl methyl sites for hydroxylation is 1. The van der Waals surface area contributed by atoms with Crippen molar-refractivity contribution in [2.75, 3.05) is 0 Å². The Morgan fingerprint density at radius 1 is 1.11 bits per heavy atom. The van der Waals surface area contributed by atoms with Gasteiger partial charge in [-0.25, -0.2) is 8.42 Å². The van der Waals surface area contributed by atoms with Crippen molar-refractivity contribution in [1.29, 1.82) is 0 Å². The molecule has 0 N–H and O–H groups in total. The smallest absolute Gasteiger partial charge is 0.338 e. The average molecular weight is 428 g/mol. The molecule has 27 heavy (non-hydrogen) atoms. The summed E-state index contributed by atoms with van der Waals surface area (Å²) in [4.78, 5) is 0.0819. The molecule has 0 spiro atoms. The van der Waals surface area contributed by atoms with Crippen molar-refractivity contribution in [2.24, 2.45) is 0 Å². The highest BCUT2D eigenvalue weighted by atomic mass is 35.5. The molecule has 2 aromatic carbocycles. The molecule has 2 atom stereocenters. The Hall–Kier alpha value is -1.33. The van der Waals surface area contributed by atoms with Crippen molar-refractivity contribution >= 4 is 29.1 Å². The van der Waals surface area contributed by atoms with Crippen LogP contribution in [0.3, 0.4) is 0 Å². The second-order valence-corrected chi connectivity index (χ2v) is 13.2. The summed E-state index contributed by atoms with van der Waals surface area (Å²) in [6.45, 7) is 8.75. The van der Waals surface area contributed by atoms with Crippen LogP contribution >= 0.6 is 19.1 Å². The highest BCUT2D eigenvalue weighted by molar-refractivity contribution is 7.95. The molecule has 2 aromatic rings. The summed E-state index contributed by atoms with van der Waals surface area (Å²) < 4.78 is 48.0. The summed E-state index contributed by atoms with van der Waals surface area (Å²) in [5.74, 6) is 0.403. The van der Waals surface area contributed by atoms with Gasteiger partial charge in [0.15, 0.2) is 0 Å². The molecule has 0 saturated heterocycles. The molecule has 0 saturated carbocycles. The Morgan fingerprint density at radius 2 is 1.70 bits per heavy atom. The van der Waals surface area contributed by atoms with Gasteiger partial charge >= 0.3 is 7.52 Å². The summed E-state index contributed by atoms with van der Waals surface area (Å²) in [6, 6.07) is 10.7. The van der Waals surface area contributed by atoms with E-state index in [0.717, 1.165) is 9.64 Å². The lowest BCUT2D eigenvalue weighted by Crippen LogP contribution is -2.41. The largest absolute Gasteiger partial charge is 0.431 e. The number of fused-ring (bicyclic) bond motifs is 1. The molecular formula is C19H23ClNO4PS. The average Bonchev–Trinajstić information content (AvgIpc) is 2.55. The van der Waals surface area contributed by atoms with Crippen molar-refractivity contribution < 1.29 is 17.5 Å². The van der Waals surface area contributed by atoms with Crippen molar-refractivity contribution in [2.45, 2.75) is 50.7 Å². The van der Waals surface area contributed by atoms with Gasteiger partial charge < -0.3 is 4.52 Å². The maximum absolute atomic E-state index is 14.0. The van der Waals surface area contributed by atoms with Crippen LogP contribution in [0.15, 0.2) is 47.4 Å². The maximum atomic E-state index is 14.0. The topological polar surface area (TPSA) is 63.7 Å². The van der Waals surface area contributed by atoms with Crippen molar-refractivity contribution in [3.05, 3.63) is 58.6 Å². The van der Waals surface area contributed by atoms with E-state index in [1.807, 2.05) is 6.92 Å². The van der Waals surface area contributed by atoms with E-state index in [4.69, 9.17) is 16.1 Å². The van der Waals surface area contributed by atoms with Crippen LogP contribution in [0.2, 0.25) is 5.02 Å². The Kier molecular flexibility index (Phi) is 5.01. The molecule has 5 nitrogen and oxygen atoms in total. The van der Waals surface area contributed by atoms with E-state index in [1.54, 1.807) is 58.0 Å². The zero-order valence-corrected chi connectivity index (χ0v) is 18.4. The Morgan fingerprint density at radius 3 is 2.26 bits per heavy atom. The summed E-state index contributed by atoms with van der Waals surface area (Å²) in [7, 11) is -7.88. The van der Waals surface area contributed by atoms with Crippen molar-refractivity contribution in [3.8, 4) is 5.75 Å². The normalized spacial score (nSPS) is 23.6. The summed E-state index contributed by atoms with van der Waals surface area (Å²) >= 11 is 6.11. The van der Waals surface area contributed by atoms with E-state index in [2.05, 4.69) is 0 Å². The van der Waals surface area contributed by atoms with Crippen LogP contribution in [0.4, 0.5) is 0 Å². The molecular weight excluding hydrogens is 405 g/mol. The summed E-state index contributed by atoms with van der Waals surface area (Å²) in [5, 5.41) is -0.458. The van der Waals surface area contributed by atoms with Gasteiger partial charge in [-0.05, 0) is 65.0 Å². The van der Waals surface area contributed by atoms with E-state index in [9.17, 15) is 13.0 Å². The van der Waals surface area contributed by atoms with Gasteiger partial charge in [-0.15, -0.1) is 4.08 Å². The van der Waals surface area contributed by atoms with E-state index in [0.29, 0.717) is 16.3 Å². The zero-order valence-electron chi connectivity index (χ0n) is 15.9. The highest BCUT2D eigenvalue weighted by Crippen LogP contribution is 2.68. The molecule has 0 bridgehead atoms. The number of sulfonamides is 1.